The van der Waals surface area contributed by atoms with Gasteiger partial charge in [0.1, 0.15) is 5.52 Å². The Hall–Kier alpha value is -2.91. The standard InChI is InChI=1S/C20H22N4O2S.CH2O2/c25-27(26,17-7-2-1-3-8-17)24-15-19(20-18(24)9-4-10-21-20)23-13-12-22-11-5-6-16(22)14-23;2-1-3/h1-4,7-10,15-16H,5-6,11-14H2;1H,(H,2,3). The molecule has 1 atom stereocenters. The van der Waals surface area contributed by atoms with Crippen LogP contribution in [0.3, 0.4) is 0 Å². The monoisotopic (exact) mass is 428 g/mol. The second-order valence-electron chi connectivity index (χ2n) is 7.38. The highest BCUT2D eigenvalue weighted by molar-refractivity contribution is 7.90. The summed E-state index contributed by atoms with van der Waals surface area (Å²) in [6.45, 7) is 3.79. The van der Waals surface area contributed by atoms with Gasteiger partial charge in [0.15, 0.2) is 0 Å². The zero-order chi connectivity index (χ0) is 21.1. The van der Waals surface area contributed by atoms with Crippen molar-refractivity contribution in [1.29, 1.82) is 0 Å². The van der Waals surface area contributed by atoms with Crippen molar-refractivity contribution in [2.75, 3.05) is 31.1 Å². The van der Waals surface area contributed by atoms with Gasteiger partial charge in [0, 0.05) is 38.1 Å². The molecule has 8 nitrogen and oxygen atoms in total. The normalized spacial score (nSPS) is 19.2. The van der Waals surface area contributed by atoms with Crippen molar-refractivity contribution in [2.24, 2.45) is 0 Å². The molecule has 9 heteroatoms. The van der Waals surface area contributed by atoms with Crippen molar-refractivity contribution in [2.45, 2.75) is 23.8 Å². The Kier molecular flexibility index (Phi) is 5.74. The zero-order valence-electron chi connectivity index (χ0n) is 16.5. The van der Waals surface area contributed by atoms with Gasteiger partial charge in [0.05, 0.1) is 16.1 Å². The quantitative estimate of drug-likeness (QED) is 0.639. The first-order valence-electron chi connectivity index (χ1n) is 9.90. The number of benzene rings is 1. The van der Waals surface area contributed by atoms with Crippen LogP contribution in [0, 0.1) is 0 Å². The number of fused-ring (bicyclic) bond motifs is 2. The number of nitrogens with zero attached hydrogens (tertiary/aromatic N) is 4. The molecule has 30 heavy (non-hydrogen) atoms. The SMILES string of the molecule is O=CO.O=S(=O)(c1ccccc1)n1cc(N2CCN3CCCC3C2)c2ncccc21. The minimum absolute atomic E-state index is 0.250. The van der Waals surface area contributed by atoms with E-state index in [2.05, 4.69) is 14.8 Å². The Morgan fingerprint density at radius 3 is 2.60 bits per heavy atom. The molecule has 0 spiro atoms. The minimum Gasteiger partial charge on any atom is -0.483 e. The van der Waals surface area contributed by atoms with Crippen LogP contribution in [0.4, 0.5) is 5.69 Å². The number of hydrogen-bond acceptors (Lipinski definition) is 6. The fourth-order valence-electron chi connectivity index (χ4n) is 4.36. The summed E-state index contributed by atoms with van der Waals surface area (Å²) in [5.74, 6) is 0. The molecule has 1 aromatic carbocycles. The topological polar surface area (TPSA) is 95.7 Å². The van der Waals surface area contributed by atoms with Gasteiger partial charge in [-0.2, -0.15) is 0 Å². The van der Waals surface area contributed by atoms with E-state index in [1.165, 1.54) is 23.4 Å². The maximum atomic E-state index is 13.2. The second-order valence-corrected chi connectivity index (χ2v) is 9.20. The zero-order valence-corrected chi connectivity index (χ0v) is 17.3. The van der Waals surface area contributed by atoms with E-state index in [1.807, 2.05) is 12.1 Å². The molecule has 5 rings (SSSR count). The Labute approximate surface area is 175 Å². The van der Waals surface area contributed by atoms with Gasteiger partial charge in [-0.05, 0) is 43.7 Å². The van der Waals surface area contributed by atoms with E-state index < -0.39 is 10.0 Å². The molecule has 4 heterocycles. The van der Waals surface area contributed by atoms with Crippen molar-refractivity contribution in [3.63, 3.8) is 0 Å². The Morgan fingerprint density at radius 2 is 1.83 bits per heavy atom. The van der Waals surface area contributed by atoms with Gasteiger partial charge >= 0.3 is 0 Å². The van der Waals surface area contributed by atoms with Crippen LogP contribution >= 0.6 is 0 Å². The molecule has 0 amide bonds. The molecule has 2 aliphatic rings. The van der Waals surface area contributed by atoms with E-state index in [1.54, 1.807) is 42.7 Å². The van der Waals surface area contributed by atoms with Crippen LogP contribution in [0.1, 0.15) is 12.8 Å². The van der Waals surface area contributed by atoms with E-state index in [4.69, 9.17) is 9.90 Å². The highest BCUT2D eigenvalue weighted by atomic mass is 32.2. The van der Waals surface area contributed by atoms with Crippen LogP contribution in [0.15, 0.2) is 59.8 Å². The molecule has 2 fully saturated rings. The maximum absolute atomic E-state index is 13.2. The number of carbonyl (C=O) groups is 1. The van der Waals surface area contributed by atoms with Gasteiger partial charge in [-0.3, -0.25) is 14.7 Å². The number of pyridine rings is 1. The summed E-state index contributed by atoms with van der Waals surface area (Å²) in [7, 11) is -3.66. The number of piperazine rings is 1. The lowest BCUT2D eigenvalue weighted by Gasteiger charge is -2.38. The maximum Gasteiger partial charge on any atom is 0.290 e. The summed E-state index contributed by atoms with van der Waals surface area (Å²) in [6.07, 6.45) is 5.95. The van der Waals surface area contributed by atoms with Crippen molar-refractivity contribution in [3.05, 3.63) is 54.9 Å². The van der Waals surface area contributed by atoms with Gasteiger partial charge in [-0.15, -0.1) is 0 Å². The van der Waals surface area contributed by atoms with E-state index in [0.717, 1.165) is 30.8 Å². The predicted molar refractivity (Wildman–Crippen MR) is 114 cm³/mol. The lowest BCUT2D eigenvalue weighted by Crippen LogP contribution is -2.50. The Balaban J connectivity index is 0.000000687. The van der Waals surface area contributed by atoms with Crippen LogP contribution in [0.5, 0.6) is 0 Å². The van der Waals surface area contributed by atoms with E-state index in [-0.39, 0.29) is 11.4 Å². The molecule has 2 saturated heterocycles. The molecule has 2 aliphatic heterocycles. The molecular formula is C21H24N4O4S. The summed E-state index contributed by atoms with van der Waals surface area (Å²) in [6, 6.07) is 12.8. The summed E-state index contributed by atoms with van der Waals surface area (Å²) < 4.78 is 27.9. The number of carboxylic acid groups (broad SMARTS) is 1. The molecule has 1 N–H and O–H groups in total. The minimum atomic E-state index is -3.66. The Bertz CT molecular complexity index is 1130. The fourth-order valence-corrected chi connectivity index (χ4v) is 5.73. The molecule has 3 aromatic rings. The predicted octanol–water partition coefficient (Wildman–Crippen LogP) is 2.26. The first-order valence-corrected chi connectivity index (χ1v) is 11.3. The average molecular weight is 429 g/mol. The molecule has 0 radical (unpaired) electrons. The number of rotatable bonds is 3. The molecule has 158 valence electrons. The van der Waals surface area contributed by atoms with Crippen molar-refractivity contribution in [3.8, 4) is 0 Å². The molecule has 0 bridgehead atoms. The fraction of sp³-hybridized carbons (Fsp3) is 0.333. The van der Waals surface area contributed by atoms with Crippen LogP contribution in [0.25, 0.3) is 11.0 Å². The van der Waals surface area contributed by atoms with E-state index in [0.29, 0.717) is 11.6 Å². The second kappa shape index (κ2) is 8.45. The third-order valence-electron chi connectivity index (χ3n) is 5.73. The Morgan fingerprint density at radius 1 is 1.07 bits per heavy atom. The van der Waals surface area contributed by atoms with Gasteiger partial charge in [-0.25, -0.2) is 12.4 Å². The first-order chi connectivity index (χ1) is 14.6. The third-order valence-corrected chi connectivity index (χ3v) is 7.42. The highest BCUT2D eigenvalue weighted by Crippen LogP contribution is 2.33. The summed E-state index contributed by atoms with van der Waals surface area (Å²) in [4.78, 5) is 18.0. The van der Waals surface area contributed by atoms with Gasteiger partial charge in [0.25, 0.3) is 16.5 Å². The molecule has 0 saturated carbocycles. The average Bonchev–Trinajstić information content (AvgIpc) is 3.39. The van der Waals surface area contributed by atoms with Crippen molar-refractivity contribution in [1.82, 2.24) is 13.9 Å². The lowest BCUT2D eigenvalue weighted by molar-refractivity contribution is -0.122. The molecular weight excluding hydrogens is 404 g/mol. The summed E-state index contributed by atoms with van der Waals surface area (Å²) in [5, 5.41) is 6.89. The highest BCUT2D eigenvalue weighted by Gasteiger charge is 2.32. The summed E-state index contributed by atoms with van der Waals surface area (Å²) >= 11 is 0. The number of aromatic nitrogens is 2. The van der Waals surface area contributed by atoms with Gasteiger partial charge in [-0.1, -0.05) is 18.2 Å². The van der Waals surface area contributed by atoms with Crippen LogP contribution in [0.2, 0.25) is 0 Å². The number of hydrogen-bond donors (Lipinski definition) is 1. The van der Waals surface area contributed by atoms with Crippen LogP contribution in [-0.4, -0.2) is 66.1 Å². The third kappa shape index (κ3) is 3.66. The van der Waals surface area contributed by atoms with Crippen LogP contribution < -0.4 is 4.90 Å². The van der Waals surface area contributed by atoms with Gasteiger partial charge < -0.3 is 10.0 Å². The first kappa shape index (κ1) is 20.4. The molecule has 2 aromatic heterocycles. The molecule has 0 aliphatic carbocycles. The lowest BCUT2D eigenvalue weighted by atomic mass is 10.1. The van der Waals surface area contributed by atoms with Crippen molar-refractivity contribution < 1.29 is 18.3 Å². The van der Waals surface area contributed by atoms with E-state index >= 15 is 0 Å². The van der Waals surface area contributed by atoms with Gasteiger partial charge in [0.2, 0.25) is 0 Å². The van der Waals surface area contributed by atoms with Crippen molar-refractivity contribution >= 4 is 33.2 Å². The van der Waals surface area contributed by atoms with Crippen LogP contribution in [-0.2, 0) is 14.8 Å². The number of anilines is 1. The molecule has 1 unspecified atom stereocenters. The van der Waals surface area contributed by atoms with E-state index in [9.17, 15) is 8.42 Å². The largest absolute Gasteiger partial charge is 0.483 e. The summed E-state index contributed by atoms with van der Waals surface area (Å²) in [5.41, 5.74) is 2.30. The smallest absolute Gasteiger partial charge is 0.290 e.